The van der Waals surface area contributed by atoms with Crippen LogP contribution in [0.5, 0.6) is 0 Å². The summed E-state index contributed by atoms with van der Waals surface area (Å²) >= 11 is 12.5. The van der Waals surface area contributed by atoms with Crippen molar-refractivity contribution in [2.45, 2.75) is 13.8 Å². The minimum Gasteiger partial charge on any atom is -0.318 e. The van der Waals surface area contributed by atoms with Gasteiger partial charge in [-0.3, -0.25) is 9.59 Å². The predicted molar refractivity (Wildman–Crippen MR) is 116 cm³/mol. The maximum atomic E-state index is 11.9. The van der Waals surface area contributed by atoms with Crippen LogP contribution in [0.2, 0.25) is 10.0 Å². The average Bonchev–Trinajstić information content (AvgIpc) is 2.98. The van der Waals surface area contributed by atoms with Gasteiger partial charge in [0.2, 0.25) is 0 Å². The monoisotopic (exact) mass is 428 g/mol. The van der Waals surface area contributed by atoms with Gasteiger partial charge in [0.1, 0.15) is 0 Å². The number of nitrogens with zero attached hydrogens (tertiary/aromatic N) is 2. The molecule has 29 heavy (non-hydrogen) atoms. The lowest BCUT2D eigenvalue weighted by atomic mass is 10.2. The van der Waals surface area contributed by atoms with Gasteiger partial charge >= 0.3 is 11.8 Å². The molecule has 0 saturated carbocycles. The summed E-state index contributed by atoms with van der Waals surface area (Å²) in [6, 6.07) is 16.0. The Balaban J connectivity index is 1.72. The van der Waals surface area contributed by atoms with E-state index in [0.29, 0.717) is 15.7 Å². The molecular formula is C21H18Cl2N4O2. The van der Waals surface area contributed by atoms with Crippen molar-refractivity contribution in [2.24, 2.45) is 5.10 Å². The van der Waals surface area contributed by atoms with E-state index in [9.17, 15) is 9.59 Å². The molecule has 0 atom stereocenters. The van der Waals surface area contributed by atoms with Crippen molar-refractivity contribution in [2.75, 3.05) is 5.32 Å². The second kappa shape index (κ2) is 8.94. The first-order valence-electron chi connectivity index (χ1n) is 8.71. The number of hydrogen-bond donors (Lipinski definition) is 2. The van der Waals surface area contributed by atoms with Gasteiger partial charge in [-0.15, -0.1) is 0 Å². The molecule has 2 aromatic carbocycles. The third-order valence-electron chi connectivity index (χ3n) is 4.25. The zero-order valence-corrected chi connectivity index (χ0v) is 17.3. The summed E-state index contributed by atoms with van der Waals surface area (Å²) in [6.45, 7) is 3.82. The van der Waals surface area contributed by atoms with Crippen molar-refractivity contribution in [3.63, 3.8) is 0 Å². The highest BCUT2D eigenvalue weighted by molar-refractivity contribution is 6.43. The molecule has 0 aliphatic heterocycles. The molecule has 1 aromatic heterocycles. The summed E-state index contributed by atoms with van der Waals surface area (Å²) in [4.78, 5) is 23.8. The van der Waals surface area contributed by atoms with Gasteiger partial charge < -0.3 is 9.88 Å². The summed E-state index contributed by atoms with van der Waals surface area (Å²) in [5.74, 6) is -1.67. The van der Waals surface area contributed by atoms with Gasteiger partial charge in [0, 0.05) is 22.6 Å². The highest BCUT2D eigenvalue weighted by atomic mass is 35.5. The van der Waals surface area contributed by atoms with E-state index in [1.165, 1.54) is 6.21 Å². The minimum absolute atomic E-state index is 0.449. The Morgan fingerprint density at radius 1 is 1.00 bits per heavy atom. The Hall–Kier alpha value is -3.09. The number of anilines is 1. The van der Waals surface area contributed by atoms with Crippen molar-refractivity contribution < 1.29 is 9.59 Å². The summed E-state index contributed by atoms with van der Waals surface area (Å²) in [6.07, 6.45) is 1.48. The van der Waals surface area contributed by atoms with Crippen LogP contribution in [0.1, 0.15) is 17.0 Å². The zero-order valence-electron chi connectivity index (χ0n) is 15.7. The largest absolute Gasteiger partial charge is 0.329 e. The van der Waals surface area contributed by atoms with E-state index in [-0.39, 0.29) is 0 Å². The lowest BCUT2D eigenvalue weighted by Crippen LogP contribution is -2.32. The number of nitrogens with one attached hydrogen (secondary N) is 2. The second-order valence-corrected chi connectivity index (χ2v) is 7.04. The Morgan fingerprint density at radius 3 is 2.45 bits per heavy atom. The number of carbonyl (C=O) groups excluding carboxylic acids is 2. The van der Waals surface area contributed by atoms with Crippen LogP contribution in [-0.4, -0.2) is 22.6 Å². The number of carbonyl (C=O) groups is 2. The van der Waals surface area contributed by atoms with Crippen molar-refractivity contribution in [3.8, 4) is 5.69 Å². The first kappa shape index (κ1) is 20.6. The quantitative estimate of drug-likeness (QED) is 0.364. The number of rotatable bonds is 4. The van der Waals surface area contributed by atoms with Gasteiger partial charge in [0.25, 0.3) is 0 Å². The molecule has 2 N–H and O–H groups in total. The average molecular weight is 429 g/mol. The van der Waals surface area contributed by atoms with Crippen molar-refractivity contribution >= 4 is 46.9 Å². The van der Waals surface area contributed by atoms with Gasteiger partial charge in [0.15, 0.2) is 0 Å². The number of amides is 2. The van der Waals surface area contributed by atoms with Crippen LogP contribution in [0.25, 0.3) is 5.69 Å². The number of hydrazone groups is 1. The number of para-hydroxylation sites is 1. The van der Waals surface area contributed by atoms with Crippen LogP contribution < -0.4 is 10.7 Å². The topological polar surface area (TPSA) is 75.5 Å². The molecule has 0 spiro atoms. The number of hydrogen-bond acceptors (Lipinski definition) is 3. The van der Waals surface area contributed by atoms with E-state index in [0.717, 1.165) is 22.6 Å². The Morgan fingerprint density at radius 2 is 1.72 bits per heavy atom. The Bertz CT molecular complexity index is 1090. The normalized spacial score (nSPS) is 10.9. The third-order valence-corrected chi connectivity index (χ3v) is 5.06. The molecule has 3 rings (SSSR count). The highest BCUT2D eigenvalue weighted by Crippen LogP contribution is 2.31. The maximum Gasteiger partial charge on any atom is 0.329 e. The molecule has 1 heterocycles. The number of aryl methyl sites for hydroxylation is 1. The van der Waals surface area contributed by atoms with E-state index < -0.39 is 11.8 Å². The number of halogens is 2. The Kier molecular flexibility index (Phi) is 6.36. The SMILES string of the molecule is Cc1cc(/C=N\NC(=O)C(=O)Nc2ccccc2)c(C)n1-c1cccc(Cl)c1Cl. The molecule has 0 saturated heterocycles. The van der Waals surface area contributed by atoms with Crippen LogP contribution in [0.3, 0.4) is 0 Å². The van der Waals surface area contributed by atoms with Crippen LogP contribution >= 0.6 is 23.2 Å². The smallest absolute Gasteiger partial charge is 0.318 e. The molecule has 6 nitrogen and oxygen atoms in total. The summed E-state index contributed by atoms with van der Waals surface area (Å²) in [5, 5.41) is 7.30. The third kappa shape index (κ3) is 4.67. The summed E-state index contributed by atoms with van der Waals surface area (Å²) < 4.78 is 1.94. The molecule has 0 radical (unpaired) electrons. The number of aromatic nitrogens is 1. The van der Waals surface area contributed by atoms with E-state index >= 15 is 0 Å². The van der Waals surface area contributed by atoms with E-state index in [1.807, 2.05) is 42.7 Å². The molecule has 148 valence electrons. The molecule has 0 aliphatic carbocycles. The highest BCUT2D eigenvalue weighted by Gasteiger charge is 2.15. The molecule has 8 heteroatoms. The fourth-order valence-electron chi connectivity index (χ4n) is 2.87. The van der Waals surface area contributed by atoms with Gasteiger partial charge in [-0.2, -0.15) is 5.10 Å². The molecule has 0 bridgehead atoms. The van der Waals surface area contributed by atoms with Gasteiger partial charge in [-0.1, -0.05) is 47.5 Å². The van der Waals surface area contributed by atoms with Crippen molar-refractivity contribution in [3.05, 3.63) is 81.6 Å². The zero-order chi connectivity index (χ0) is 21.0. The Labute approximate surface area is 178 Å². The molecule has 0 unspecified atom stereocenters. The van der Waals surface area contributed by atoms with E-state index in [1.54, 1.807) is 30.3 Å². The predicted octanol–water partition coefficient (Wildman–Crippen LogP) is 4.49. The lowest BCUT2D eigenvalue weighted by Gasteiger charge is -2.12. The molecule has 3 aromatic rings. The first-order chi connectivity index (χ1) is 13.9. The van der Waals surface area contributed by atoms with Crippen LogP contribution in [-0.2, 0) is 9.59 Å². The van der Waals surface area contributed by atoms with Crippen molar-refractivity contribution in [1.29, 1.82) is 0 Å². The molecule has 0 aliphatic rings. The van der Waals surface area contributed by atoms with Crippen LogP contribution in [0, 0.1) is 13.8 Å². The van der Waals surface area contributed by atoms with Crippen LogP contribution in [0.4, 0.5) is 5.69 Å². The second-order valence-electron chi connectivity index (χ2n) is 6.25. The maximum absolute atomic E-state index is 11.9. The van der Waals surface area contributed by atoms with Gasteiger partial charge in [0.05, 0.1) is 21.9 Å². The van der Waals surface area contributed by atoms with Gasteiger partial charge in [-0.25, -0.2) is 5.43 Å². The molecular weight excluding hydrogens is 411 g/mol. The van der Waals surface area contributed by atoms with E-state index in [4.69, 9.17) is 23.2 Å². The summed E-state index contributed by atoms with van der Waals surface area (Å²) in [7, 11) is 0. The first-order valence-corrected chi connectivity index (χ1v) is 9.47. The standard InChI is InChI=1S/C21H18Cl2N4O2/c1-13-11-15(14(2)27(13)18-10-6-9-17(22)19(18)23)12-24-26-21(29)20(28)25-16-7-4-3-5-8-16/h3-12H,1-2H3,(H,25,28)(H,26,29)/b24-12-. The molecule has 0 fully saturated rings. The van der Waals surface area contributed by atoms with Crippen molar-refractivity contribution in [1.82, 2.24) is 9.99 Å². The molecule has 2 amide bonds. The lowest BCUT2D eigenvalue weighted by molar-refractivity contribution is -0.136. The van der Waals surface area contributed by atoms with Crippen LogP contribution in [0.15, 0.2) is 59.7 Å². The fraction of sp³-hybridized carbons (Fsp3) is 0.0952. The summed E-state index contributed by atoms with van der Waals surface area (Å²) in [5.41, 5.74) is 6.05. The van der Waals surface area contributed by atoms with E-state index in [2.05, 4.69) is 15.8 Å². The van der Waals surface area contributed by atoms with Gasteiger partial charge in [-0.05, 0) is 44.2 Å². The fourth-order valence-corrected chi connectivity index (χ4v) is 3.25. The minimum atomic E-state index is -0.864. The number of benzene rings is 2.